The number of pyridine rings is 1. The zero-order chi connectivity index (χ0) is 18.2. The molecular weight excluding hydrogens is 340 g/mol. The second kappa shape index (κ2) is 6.42. The quantitative estimate of drug-likeness (QED) is 0.493. The van der Waals surface area contributed by atoms with E-state index in [1.807, 2.05) is 24.3 Å². The maximum Gasteiger partial charge on any atom is 0.249 e. The number of nitrogens with one attached hydrogen (secondary N) is 3. The molecule has 1 aliphatic rings. The average molecular weight is 360 g/mol. The van der Waals surface area contributed by atoms with Crippen LogP contribution in [0.15, 0.2) is 48.7 Å². The Hall–Kier alpha value is -3.35. The van der Waals surface area contributed by atoms with E-state index in [1.54, 1.807) is 4.52 Å². The molecular formula is C20H20N6O. The lowest BCUT2D eigenvalue weighted by molar-refractivity contribution is -0.117. The van der Waals surface area contributed by atoms with Gasteiger partial charge in [0, 0.05) is 29.6 Å². The molecule has 0 atom stereocenters. The Labute approximate surface area is 155 Å². The Morgan fingerprint density at radius 3 is 2.96 bits per heavy atom. The molecule has 3 heterocycles. The molecule has 0 unspecified atom stereocenters. The maximum absolute atomic E-state index is 11.9. The van der Waals surface area contributed by atoms with Crippen LogP contribution >= 0.6 is 0 Å². The molecule has 7 nitrogen and oxygen atoms in total. The van der Waals surface area contributed by atoms with Crippen LogP contribution in [0.4, 0.5) is 11.8 Å². The summed E-state index contributed by atoms with van der Waals surface area (Å²) in [5.41, 5.74) is 3.14. The summed E-state index contributed by atoms with van der Waals surface area (Å²) in [6.07, 6.45) is 4.87. The SMILES string of the molecule is O=C(Nc1nc2cccc(NCCc3c[nH]c4ccccc34)n2n1)C1CC1. The van der Waals surface area contributed by atoms with Crippen molar-refractivity contribution in [3.05, 3.63) is 54.2 Å². The standard InChI is InChI=1S/C20H20N6O/c27-19(13-8-9-13)24-20-23-18-7-3-6-17(26(18)25-20)21-11-10-14-12-22-16-5-2-1-4-15(14)16/h1-7,12-13,21-22H,8-11H2,(H,24,25,27). The fourth-order valence-corrected chi connectivity index (χ4v) is 3.31. The van der Waals surface area contributed by atoms with Crippen LogP contribution in [0.3, 0.4) is 0 Å². The van der Waals surface area contributed by atoms with Gasteiger partial charge in [-0.05, 0) is 43.0 Å². The molecule has 1 aromatic carbocycles. The van der Waals surface area contributed by atoms with E-state index in [4.69, 9.17) is 0 Å². The second-order valence-corrected chi connectivity index (χ2v) is 6.92. The molecule has 0 bridgehead atoms. The van der Waals surface area contributed by atoms with E-state index < -0.39 is 0 Å². The molecule has 0 radical (unpaired) electrons. The first-order chi connectivity index (χ1) is 13.3. The summed E-state index contributed by atoms with van der Waals surface area (Å²) >= 11 is 0. The average Bonchev–Trinajstić information content (AvgIpc) is 3.34. The summed E-state index contributed by atoms with van der Waals surface area (Å²) in [6, 6.07) is 14.1. The van der Waals surface area contributed by atoms with Crippen molar-refractivity contribution in [1.82, 2.24) is 19.6 Å². The fraction of sp³-hybridized carbons (Fsp3) is 0.250. The van der Waals surface area contributed by atoms with Crippen LogP contribution in [0, 0.1) is 5.92 Å². The predicted molar refractivity (Wildman–Crippen MR) is 105 cm³/mol. The lowest BCUT2D eigenvalue weighted by Crippen LogP contribution is -2.14. The van der Waals surface area contributed by atoms with Gasteiger partial charge in [0.15, 0.2) is 5.65 Å². The van der Waals surface area contributed by atoms with Gasteiger partial charge < -0.3 is 10.3 Å². The molecule has 5 rings (SSSR count). The van der Waals surface area contributed by atoms with Crippen LogP contribution in [0.1, 0.15) is 18.4 Å². The van der Waals surface area contributed by atoms with Gasteiger partial charge in [-0.3, -0.25) is 10.1 Å². The van der Waals surface area contributed by atoms with Crippen molar-refractivity contribution in [1.29, 1.82) is 0 Å². The van der Waals surface area contributed by atoms with Crippen LogP contribution in [-0.2, 0) is 11.2 Å². The minimum absolute atomic E-state index is 0.0137. The van der Waals surface area contributed by atoms with E-state index in [-0.39, 0.29) is 11.8 Å². The molecule has 1 aliphatic carbocycles. The van der Waals surface area contributed by atoms with E-state index in [0.29, 0.717) is 11.6 Å². The number of amides is 1. The number of carbonyl (C=O) groups excluding carboxylic acids is 1. The third kappa shape index (κ3) is 3.12. The number of hydrogen-bond donors (Lipinski definition) is 3. The summed E-state index contributed by atoms with van der Waals surface area (Å²) in [6.45, 7) is 0.768. The van der Waals surface area contributed by atoms with E-state index in [0.717, 1.165) is 37.1 Å². The van der Waals surface area contributed by atoms with Crippen molar-refractivity contribution >= 4 is 34.2 Å². The van der Waals surface area contributed by atoms with Crippen LogP contribution in [0.2, 0.25) is 0 Å². The summed E-state index contributed by atoms with van der Waals surface area (Å²) in [4.78, 5) is 19.6. The Morgan fingerprint density at radius 1 is 1.19 bits per heavy atom. The van der Waals surface area contributed by atoms with Crippen LogP contribution in [-0.4, -0.2) is 32.0 Å². The lowest BCUT2D eigenvalue weighted by atomic mass is 10.1. The molecule has 0 aliphatic heterocycles. The Bertz CT molecular complexity index is 1120. The number of anilines is 2. The van der Waals surface area contributed by atoms with Gasteiger partial charge in [0.05, 0.1) is 0 Å². The predicted octanol–water partition coefficient (Wildman–Crippen LogP) is 3.21. The monoisotopic (exact) mass is 360 g/mol. The summed E-state index contributed by atoms with van der Waals surface area (Å²) in [5, 5.41) is 11.9. The minimum atomic E-state index is 0.0137. The second-order valence-electron chi connectivity index (χ2n) is 6.92. The van der Waals surface area contributed by atoms with Gasteiger partial charge in [-0.1, -0.05) is 24.3 Å². The number of carbonyl (C=O) groups is 1. The van der Waals surface area contributed by atoms with Crippen molar-refractivity contribution in [2.45, 2.75) is 19.3 Å². The highest BCUT2D eigenvalue weighted by Gasteiger charge is 2.30. The molecule has 3 N–H and O–H groups in total. The van der Waals surface area contributed by atoms with Crippen molar-refractivity contribution in [2.75, 3.05) is 17.2 Å². The minimum Gasteiger partial charge on any atom is -0.370 e. The number of benzene rings is 1. The Balaban J connectivity index is 1.31. The molecule has 0 saturated heterocycles. The van der Waals surface area contributed by atoms with Crippen molar-refractivity contribution in [2.24, 2.45) is 5.92 Å². The van der Waals surface area contributed by atoms with Gasteiger partial charge in [-0.15, -0.1) is 5.10 Å². The number of fused-ring (bicyclic) bond motifs is 2. The number of hydrogen-bond acceptors (Lipinski definition) is 4. The Kier molecular flexibility index (Phi) is 3.78. The first-order valence-corrected chi connectivity index (χ1v) is 9.23. The van der Waals surface area contributed by atoms with E-state index in [9.17, 15) is 4.79 Å². The first kappa shape index (κ1) is 15.9. The third-order valence-corrected chi connectivity index (χ3v) is 4.92. The van der Waals surface area contributed by atoms with Crippen molar-refractivity contribution in [3.63, 3.8) is 0 Å². The molecule has 1 saturated carbocycles. The normalized spacial score (nSPS) is 13.9. The van der Waals surface area contributed by atoms with Gasteiger partial charge in [-0.25, -0.2) is 0 Å². The smallest absolute Gasteiger partial charge is 0.249 e. The highest BCUT2D eigenvalue weighted by Crippen LogP contribution is 2.29. The molecule has 1 fully saturated rings. The van der Waals surface area contributed by atoms with Crippen molar-refractivity contribution in [3.8, 4) is 0 Å². The fourth-order valence-electron chi connectivity index (χ4n) is 3.31. The molecule has 136 valence electrons. The maximum atomic E-state index is 11.9. The number of rotatable bonds is 6. The molecule has 4 aromatic rings. The zero-order valence-electron chi connectivity index (χ0n) is 14.8. The molecule has 27 heavy (non-hydrogen) atoms. The lowest BCUT2D eigenvalue weighted by Gasteiger charge is -2.07. The van der Waals surface area contributed by atoms with E-state index in [1.165, 1.54) is 10.9 Å². The molecule has 0 spiro atoms. The molecule has 7 heteroatoms. The summed E-state index contributed by atoms with van der Waals surface area (Å²) in [7, 11) is 0. The highest BCUT2D eigenvalue weighted by atomic mass is 16.2. The number of H-pyrrole nitrogens is 1. The van der Waals surface area contributed by atoms with Crippen molar-refractivity contribution < 1.29 is 4.79 Å². The highest BCUT2D eigenvalue weighted by molar-refractivity contribution is 5.92. The third-order valence-electron chi connectivity index (χ3n) is 4.92. The molecule has 1 amide bonds. The number of para-hydroxylation sites is 1. The largest absolute Gasteiger partial charge is 0.370 e. The van der Waals surface area contributed by atoms with Crippen LogP contribution < -0.4 is 10.6 Å². The summed E-state index contributed by atoms with van der Waals surface area (Å²) < 4.78 is 1.73. The number of aromatic amines is 1. The van der Waals surface area contributed by atoms with Gasteiger partial charge in [0.25, 0.3) is 0 Å². The summed E-state index contributed by atoms with van der Waals surface area (Å²) in [5.74, 6) is 1.36. The van der Waals surface area contributed by atoms with Gasteiger partial charge in [-0.2, -0.15) is 9.50 Å². The van der Waals surface area contributed by atoms with Crippen LogP contribution in [0.25, 0.3) is 16.6 Å². The topological polar surface area (TPSA) is 87.1 Å². The van der Waals surface area contributed by atoms with E-state index >= 15 is 0 Å². The Morgan fingerprint density at radius 2 is 2.07 bits per heavy atom. The van der Waals surface area contributed by atoms with Gasteiger partial charge >= 0.3 is 0 Å². The number of aromatic nitrogens is 4. The van der Waals surface area contributed by atoms with Crippen LogP contribution in [0.5, 0.6) is 0 Å². The first-order valence-electron chi connectivity index (χ1n) is 9.23. The molecule has 3 aromatic heterocycles. The van der Waals surface area contributed by atoms with Gasteiger partial charge in [0.2, 0.25) is 11.9 Å². The number of nitrogens with zero attached hydrogens (tertiary/aromatic N) is 3. The van der Waals surface area contributed by atoms with E-state index in [2.05, 4.69) is 50.1 Å². The van der Waals surface area contributed by atoms with Gasteiger partial charge in [0.1, 0.15) is 5.82 Å². The zero-order valence-corrected chi connectivity index (χ0v) is 14.8.